The molecule has 9 atom stereocenters. The molecule has 3 nitrogen and oxygen atoms in total. The fraction of sp³-hybridized carbons (Fsp3) is 0.909. The van der Waals surface area contributed by atoms with Crippen LogP contribution in [0.2, 0.25) is 0 Å². The molecule has 6 saturated carbocycles. The fourth-order valence-corrected chi connectivity index (χ4v) is 9.10. The zero-order valence-electron chi connectivity index (χ0n) is 16.1. The van der Waals surface area contributed by atoms with Gasteiger partial charge in [0.15, 0.2) is 0 Å². The summed E-state index contributed by atoms with van der Waals surface area (Å²) >= 11 is 0. The minimum absolute atomic E-state index is 0.236. The van der Waals surface area contributed by atoms with Gasteiger partial charge in [-0.2, -0.15) is 0 Å². The molecule has 0 saturated heterocycles. The van der Waals surface area contributed by atoms with E-state index >= 15 is 0 Å². The Balaban J connectivity index is 1.51. The molecule has 25 heavy (non-hydrogen) atoms. The highest BCUT2D eigenvalue weighted by molar-refractivity contribution is 5.68. The van der Waals surface area contributed by atoms with Crippen LogP contribution in [0, 0.1) is 45.3 Å². The second-order valence-corrected chi connectivity index (χ2v) is 11.0. The highest BCUT2D eigenvalue weighted by atomic mass is 16.5. The van der Waals surface area contributed by atoms with Crippen molar-refractivity contribution in [2.45, 2.75) is 78.7 Å². The Morgan fingerprint density at radius 3 is 2.40 bits per heavy atom. The molecule has 0 aromatic rings. The second kappa shape index (κ2) is 4.51. The number of ether oxygens (including phenoxy) is 1. The molecule has 0 unspecified atom stereocenters. The van der Waals surface area contributed by atoms with E-state index in [2.05, 4.69) is 20.8 Å². The summed E-state index contributed by atoms with van der Waals surface area (Å²) in [7, 11) is 0. The molecule has 4 bridgehead atoms. The van der Waals surface area contributed by atoms with Gasteiger partial charge in [0, 0.05) is 6.92 Å². The van der Waals surface area contributed by atoms with Gasteiger partial charge in [-0.25, -0.2) is 0 Å². The number of carbonyl (C=O) groups excluding carboxylic acids is 2. The largest absolute Gasteiger partial charge is 0.462 e. The number of hydrogen-bond acceptors (Lipinski definition) is 3. The van der Waals surface area contributed by atoms with Crippen molar-refractivity contribution in [3.05, 3.63) is 0 Å². The molecular weight excluding hydrogens is 312 g/mol. The van der Waals surface area contributed by atoms with Crippen molar-refractivity contribution in [1.29, 1.82) is 0 Å². The Kier molecular flexibility index (Phi) is 2.95. The summed E-state index contributed by atoms with van der Waals surface area (Å²) in [6.45, 7) is 8.56. The van der Waals surface area contributed by atoms with Gasteiger partial charge in [0.25, 0.3) is 0 Å². The Labute approximate surface area is 151 Å². The molecule has 0 heterocycles. The maximum atomic E-state index is 12.3. The highest BCUT2D eigenvalue weighted by Crippen LogP contribution is 2.85. The van der Waals surface area contributed by atoms with E-state index in [1.807, 2.05) is 0 Å². The van der Waals surface area contributed by atoms with Crippen molar-refractivity contribution in [3.63, 3.8) is 0 Å². The molecule has 0 amide bonds. The Morgan fingerprint density at radius 1 is 1.04 bits per heavy atom. The van der Waals surface area contributed by atoms with Crippen molar-refractivity contribution in [3.8, 4) is 0 Å². The normalized spacial score (nSPS) is 61.0. The number of carbonyl (C=O) groups is 2. The summed E-state index contributed by atoms with van der Waals surface area (Å²) in [5.41, 5.74) is 0.924. The van der Waals surface area contributed by atoms with Crippen LogP contribution in [0.3, 0.4) is 0 Å². The Hall–Kier alpha value is -0.860. The van der Waals surface area contributed by atoms with E-state index < -0.39 is 5.41 Å². The third-order valence-corrected chi connectivity index (χ3v) is 10.1. The van der Waals surface area contributed by atoms with E-state index in [1.165, 1.54) is 32.6 Å². The van der Waals surface area contributed by atoms with Crippen molar-refractivity contribution in [2.75, 3.05) is 0 Å². The lowest BCUT2D eigenvalue weighted by atomic mass is 9.39. The number of esters is 1. The molecule has 138 valence electrons. The maximum Gasteiger partial charge on any atom is 0.302 e. The van der Waals surface area contributed by atoms with Crippen molar-refractivity contribution < 1.29 is 14.3 Å². The predicted molar refractivity (Wildman–Crippen MR) is 94.7 cm³/mol. The van der Waals surface area contributed by atoms with Crippen LogP contribution < -0.4 is 0 Å². The third-order valence-electron chi connectivity index (χ3n) is 10.1. The molecule has 6 aliphatic rings. The monoisotopic (exact) mass is 344 g/mol. The van der Waals surface area contributed by atoms with Gasteiger partial charge in [0.1, 0.15) is 12.4 Å². The van der Waals surface area contributed by atoms with E-state index in [0.29, 0.717) is 16.7 Å². The highest BCUT2D eigenvalue weighted by Gasteiger charge is 2.78. The number of aldehydes is 1. The van der Waals surface area contributed by atoms with E-state index in [-0.39, 0.29) is 17.5 Å². The lowest BCUT2D eigenvalue weighted by Gasteiger charge is -2.65. The zero-order chi connectivity index (χ0) is 17.8. The molecule has 6 aliphatic carbocycles. The molecule has 0 aromatic carbocycles. The quantitative estimate of drug-likeness (QED) is 0.551. The van der Waals surface area contributed by atoms with E-state index in [9.17, 15) is 9.59 Å². The van der Waals surface area contributed by atoms with Gasteiger partial charge in [-0.1, -0.05) is 13.8 Å². The number of fused-ring (bicyclic) bond motifs is 1. The Bertz CT molecular complexity index is 658. The van der Waals surface area contributed by atoms with Crippen LogP contribution in [0.15, 0.2) is 0 Å². The van der Waals surface area contributed by atoms with Crippen LogP contribution in [0.5, 0.6) is 0 Å². The Morgan fingerprint density at radius 2 is 1.80 bits per heavy atom. The first kappa shape index (κ1) is 16.3. The van der Waals surface area contributed by atoms with Crippen LogP contribution in [0.4, 0.5) is 0 Å². The molecule has 1 spiro atoms. The van der Waals surface area contributed by atoms with Crippen LogP contribution in [0.1, 0.15) is 72.6 Å². The first-order valence-electron chi connectivity index (χ1n) is 10.3. The minimum atomic E-state index is -0.520. The SMILES string of the molecule is CC(=O)O[C@@H]1CC[C@@]2(C)[C@@H]3C[C@H]4[C@H]5C[C@]3(CC[C@@H]2[C@@]1(C)C=O)C[C@]54C. The van der Waals surface area contributed by atoms with Crippen LogP contribution in [-0.2, 0) is 14.3 Å². The smallest absolute Gasteiger partial charge is 0.302 e. The summed E-state index contributed by atoms with van der Waals surface area (Å²) < 4.78 is 5.64. The maximum absolute atomic E-state index is 12.3. The fourth-order valence-electron chi connectivity index (χ4n) is 9.10. The van der Waals surface area contributed by atoms with Crippen LogP contribution in [-0.4, -0.2) is 18.4 Å². The summed E-state index contributed by atoms with van der Waals surface area (Å²) in [5.74, 6) is 2.83. The van der Waals surface area contributed by atoms with E-state index in [0.717, 1.165) is 43.3 Å². The lowest BCUT2D eigenvalue weighted by Crippen LogP contribution is -2.62. The van der Waals surface area contributed by atoms with E-state index in [4.69, 9.17) is 4.74 Å². The minimum Gasteiger partial charge on any atom is -0.462 e. The summed E-state index contributed by atoms with van der Waals surface area (Å²) in [5, 5.41) is 0. The van der Waals surface area contributed by atoms with E-state index in [1.54, 1.807) is 0 Å². The van der Waals surface area contributed by atoms with Gasteiger partial charge < -0.3 is 9.53 Å². The van der Waals surface area contributed by atoms with Crippen molar-refractivity contribution in [2.24, 2.45) is 45.3 Å². The third kappa shape index (κ3) is 1.74. The number of rotatable bonds is 2. The summed E-state index contributed by atoms with van der Waals surface area (Å²) in [6, 6.07) is 0. The molecule has 3 heteroatoms. The van der Waals surface area contributed by atoms with Crippen molar-refractivity contribution >= 4 is 12.3 Å². The summed E-state index contributed by atoms with van der Waals surface area (Å²) in [6.07, 6.45) is 9.55. The molecule has 0 radical (unpaired) electrons. The van der Waals surface area contributed by atoms with Gasteiger partial charge in [0.05, 0.1) is 5.41 Å². The number of hydrogen-bond donors (Lipinski definition) is 0. The van der Waals surface area contributed by atoms with Gasteiger partial charge in [-0.3, -0.25) is 4.79 Å². The topological polar surface area (TPSA) is 43.4 Å². The first-order chi connectivity index (χ1) is 11.7. The van der Waals surface area contributed by atoms with Gasteiger partial charge in [0.2, 0.25) is 0 Å². The predicted octanol–water partition coefficient (Wildman–Crippen LogP) is 4.39. The van der Waals surface area contributed by atoms with Crippen LogP contribution in [0.25, 0.3) is 0 Å². The van der Waals surface area contributed by atoms with Gasteiger partial charge in [-0.15, -0.1) is 0 Å². The average Bonchev–Trinajstić information content (AvgIpc) is 3.00. The molecule has 0 aromatic heterocycles. The molecule has 0 aliphatic heterocycles. The first-order valence-corrected chi connectivity index (χ1v) is 10.3. The standard InChI is InChI=1S/C22H32O3/c1-13(24)25-18-6-7-19(2)16(21(18,4)12-23)5-8-22-10-15-14(9-17(19)22)20(15,3)11-22/h12,14-18H,5-11H2,1-4H3/t14-,15+,16-,17-,18+,19+,20-,21+,22+/m0/s1. The lowest BCUT2D eigenvalue weighted by molar-refractivity contribution is -0.203. The zero-order valence-corrected chi connectivity index (χ0v) is 16.1. The molecule has 6 fully saturated rings. The van der Waals surface area contributed by atoms with Crippen LogP contribution >= 0.6 is 0 Å². The second-order valence-electron chi connectivity index (χ2n) is 11.0. The van der Waals surface area contributed by atoms with Crippen molar-refractivity contribution in [1.82, 2.24) is 0 Å². The molecular formula is C22H32O3. The molecule has 0 N–H and O–H groups in total. The molecule has 6 rings (SSSR count). The van der Waals surface area contributed by atoms with Gasteiger partial charge in [-0.05, 0) is 91.8 Å². The summed E-state index contributed by atoms with van der Waals surface area (Å²) in [4.78, 5) is 23.8. The average molecular weight is 344 g/mol. The van der Waals surface area contributed by atoms with Gasteiger partial charge >= 0.3 is 5.97 Å².